The Morgan fingerprint density at radius 3 is 2.47 bits per heavy atom. The summed E-state index contributed by atoms with van der Waals surface area (Å²) in [7, 11) is 0. The number of hydrogen-bond donors (Lipinski definition) is 0. The summed E-state index contributed by atoms with van der Waals surface area (Å²) < 4.78 is 1.93. The first-order valence-electron chi connectivity index (χ1n) is 12.0. The molecule has 32 heavy (non-hydrogen) atoms. The van der Waals surface area contributed by atoms with E-state index in [1.165, 1.54) is 25.7 Å². The normalized spacial score (nSPS) is 19.2. The third-order valence-electron chi connectivity index (χ3n) is 6.98. The molecule has 0 aliphatic carbocycles. The van der Waals surface area contributed by atoms with Gasteiger partial charge in [0.2, 0.25) is 0 Å². The molecule has 0 bridgehead atoms. The molecule has 4 heteroatoms. The molecule has 3 aromatic rings. The first-order chi connectivity index (χ1) is 15.6. The molecule has 2 unspecified atom stereocenters. The smallest absolute Gasteiger partial charge is 0.258 e. The molecule has 2 atom stereocenters. The van der Waals surface area contributed by atoms with Crippen molar-refractivity contribution < 1.29 is 0 Å². The number of pyridine rings is 1. The highest BCUT2D eigenvalue weighted by Crippen LogP contribution is 2.24. The zero-order valence-electron chi connectivity index (χ0n) is 19.3. The van der Waals surface area contributed by atoms with Crippen molar-refractivity contribution in [2.75, 3.05) is 6.54 Å². The van der Waals surface area contributed by atoms with E-state index in [-0.39, 0.29) is 5.56 Å². The minimum Gasteiger partial charge on any atom is -0.308 e. The minimum absolute atomic E-state index is 0.0251. The summed E-state index contributed by atoms with van der Waals surface area (Å²) in [6.07, 6.45) is 7.25. The predicted molar refractivity (Wildman–Crippen MR) is 132 cm³/mol. The van der Waals surface area contributed by atoms with Crippen molar-refractivity contribution in [3.63, 3.8) is 0 Å². The Bertz CT molecular complexity index is 1160. The second-order valence-electron chi connectivity index (χ2n) is 9.19. The lowest BCUT2D eigenvalue weighted by Gasteiger charge is -2.39. The highest BCUT2D eigenvalue weighted by atomic mass is 16.1. The van der Waals surface area contributed by atoms with Crippen LogP contribution in [0.5, 0.6) is 0 Å². The fraction of sp³-hybridized carbons (Fsp3) is 0.429. The van der Waals surface area contributed by atoms with Crippen molar-refractivity contribution in [2.45, 2.75) is 71.0 Å². The number of benzene rings is 2. The van der Waals surface area contributed by atoms with Gasteiger partial charge in [0.15, 0.2) is 0 Å². The molecule has 4 rings (SSSR count). The molecule has 0 radical (unpaired) electrons. The Morgan fingerprint density at radius 1 is 0.938 bits per heavy atom. The van der Waals surface area contributed by atoms with Crippen molar-refractivity contribution in [3.05, 3.63) is 70.5 Å². The number of nitriles is 1. The summed E-state index contributed by atoms with van der Waals surface area (Å²) in [5.74, 6) is 0. The third kappa shape index (κ3) is 4.79. The molecular weight excluding hydrogens is 394 g/mol. The highest BCUT2D eigenvalue weighted by molar-refractivity contribution is 5.84. The number of unbranched alkanes of at least 4 members (excludes halogenated alkanes) is 2. The lowest BCUT2D eigenvalue weighted by Crippen LogP contribution is -2.44. The molecule has 0 amide bonds. The molecule has 2 heterocycles. The largest absolute Gasteiger partial charge is 0.308 e. The Hall–Kier alpha value is -2.90. The fourth-order valence-corrected chi connectivity index (χ4v) is 5.17. The van der Waals surface area contributed by atoms with E-state index in [1.54, 1.807) is 12.1 Å². The molecule has 2 aromatic carbocycles. The van der Waals surface area contributed by atoms with Crippen LogP contribution in [-0.4, -0.2) is 28.1 Å². The summed E-state index contributed by atoms with van der Waals surface area (Å²) >= 11 is 0. The lowest BCUT2D eigenvalue weighted by atomic mass is 9.97. The number of aromatic nitrogens is 1. The fourth-order valence-electron chi connectivity index (χ4n) is 5.17. The molecule has 4 nitrogen and oxygen atoms in total. The van der Waals surface area contributed by atoms with Crippen LogP contribution in [0.2, 0.25) is 0 Å². The molecule has 1 saturated heterocycles. The van der Waals surface area contributed by atoms with Crippen LogP contribution in [0.4, 0.5) is 0 Å². The van der Waals surface area contributed by atoms with E-state index in [9.17, 15) is 10.1 Å². The molecule has 0 spiro atoms. The average molecular weight is 428 g/mol. The van der Waals surface area contributed by atoms with E-state index in [2.05, 4.69) is 30.9 Å². The third-order valence-corrected chi connectivity index (χ3v) is 6.98. The van der Waals surface area contributed by atoms with Crippen LogP contribution in [0.1, 0.15) is 57.9 Å². The molecule has 1 fully saturated rings. The number of hydrogen-bond acceptors (Lipinski definition) is 3. The maximum absolute atomic E-state index is 13.5. The minimum atomic E-state index is 0.0251. The molecule has 1 aliphatic heterocycles. The van der Waals surface area contributed by atoms with E-state index < -0.39 is 0 Å². The summed E-state index contributed by atoms with van der Waals surface area (Å²) in [6, 6.07) is 20.9. The van der Waals surface area contributed by atoms with Gasteiger partial charge in [0.25, 0.3) is 5.56 Å². The average Bonchev–Trinajstić information content (AvgIpc) is 2.81. The Morgan fingerprint density at radius 2 is 1.69 bits per heavy atom. The first-order valence-corrected chi connectivity index (χ1v) is 12.0. The van der Waals surface area contributed by atoms with Crippen molar-refractivity contribution in [2.24, 2.45) is 0 Å². The van der Waals surface area contributed by atoms with Gasteiger partial charge < -0.3 is 4.57 Å². The molecule has 166 valence electrons. The lowest BCUT2D eigenvalue weighted by molar-refractivity contribution is 0.101. The summed E-state index contributed by atoms with van der Waals surface area (Å²) in [5, 5.41) is 10.3. The maximum Gasteiger partial charge on any atom is 0.258 e. The highest BCUT2D eigenvalue weighted by Gasteiger charge is 2.23. The molecule has 0 saturated carbocycles. The van der Waals surface area contributed by atoms with Crippen LogP contribution in [-0.2, 0) is 6.54 Å². The second-order valence-corrected chi connectivity index (χ2v) is 9.19. The van der Waals surface area contributed by atoms with Gasteiger partial charge in [-0.1, -0.05) is 43.2 Å². The number of nitrogens with zero attached hydrogens (tertiary/aromatic N) is 3. The summed E-state index contributed by atoms with van der Waals surface area (Å²) in [6.45, 7) is 6.58. The van der Waals surface area contributed by atoms with Crippen LogP contribution in [0.3, 0.4) is 0 Å². The second kappa shape index (κ2) is 10.1. The van der Waals surface area contributed by atoms with E-state index in [1.807, 2.05) is 41.0 Å². The number of likely N-dealkylation sites (tertiary alicyclic amines) is 1. The van der Waals surface area contributed by atoms with Gasteiger partial charge in [-0.15, -0.1) is 0 Å². The predicted octanol–water partition coefficient (Wildman–Crippen LogP) is 5.97. The van der Waals surface area contributed by atoms with E-state index >= 15 is 0 Å². The molecular formula is C28H33N3O. The number of fused-ring (bicyclic) bond motifs is 1. The van der Waals surface area contributed by atoms with Gasteiger partial charge in [-0.05, 0) is 81.3 Å². The topological polar surface area (TPSA) is 49.0 Å². The zero-order valence-corrected chi connectivity index (χ0v) is 19.3. The monoisotopic (exact) mass is 427 g/mol. The van der Waals surface area contributed by atoms with Crippen LogP contribution >= 0.6 is 0 Å². The van der Waals surface area contributed by atoms with Crippen molar-refractivity contribution in [3.8, 4) is 17.2 Å². The van der Waals surface area contributed by atoms with Gasteiger partial charge in [-0.25, -0.2) is 0 Å². The van der Waals surface area contributed by atoms with Gasteiger partial charge in [-0.3, -0.25) is 9.69 Å². The van der Waals surface area contributed by atoms with Gasteiger partial charge in [0.05, 0.1) is 17.1 Å². The van der Waals surface area contributed by atoms with Crippen LogP contribution < -0.4 is 5.56 Å². The van der Waals surface area contributed by atoms with Gasteiger partial charge in [0.1, 0.15) is 0 Å². The summed E-state index contributed by atoms with van der Waals surface area (Å²) in [5.41, 5.74) is 3.05. The van der Waals surface area contributed by atoms with Gasteiger partial charge >= 0.3 is 0 Å². The van der Waals surface area contributed by atoms with E-state index in [0.29, 0.717) is 23.2 Å². The van der Waals surface area contributed by atoms with Crippen molar-refractivity contribution in [1.82, 2.24) is 9.47 Å². The van der Waals surface area contributed by atoms with Crippen molar-refractivity contribution in [1.29, 1.82) is 5.26 Å². The Labute approximate surface area is 191 Å². The zero-order chi connectivity index (χ0) is 22.5. The Kier molecular flexibility index (Phi) is 7.07. The quantitative estimate of drug-likeness (QED) is 0.436. The molecule has 1 aromatic heterocycles. The van der Waals surface area contributed by atoms with Crippen LogP contribution in [0.15, 0.2) is 59.4 Å². The Balaban J connectivity index is 1.51. The van der Waals surface area contributed by atoms with Gasteiger partial charge in [0, 0.05) is 24.2 Å². The van der Waals surface area contributed by atoms with Crippen molar-refractivity contribution >= 4 is 10.9 Å². The maximum atomic E-state index is 13.5. The molecule has 1 aliphatic rings. The number of para-hydroxylation sites is 1. The van der Waals surface area contributed by atoms with Crippen LogP contribution in [0, 0.1) is 11.3 Å². The number of rotatable bonds is 7. The number of piperidine rings is 1. The molecule has 0 N–H and O–H groups in total. The SMILES string of the molecule is CC1CCCC(C)N1CCCCCn1c(=O)c(-c2cccc(C#N)c2)cc2ccccc21. The van der Waals surface area contributed by atoms with Crippen LogP contribution in [0.25, 0.3) is 22.0 Å². The standard InChI is InChI=1S/C28H33N3O/c1-21-10-8-11-22(2)30(21)16-6-3-7-17-31-27-15-5-4-13-25(27)19-26(28(31)32)24-14-9-12-23(18-24)20-29/h4-5,9,12-15,18-19,21-22H,3,6-8,10-11,16-17H2,1-2H3. The number of aryl methyl sites for hydroxylation is 1. The first kappa shape index (κ1) is 22.3. The van der Waals surface area contributed by atoms with E-state index in [4.69, 9.17) is 0 Å². The van der Waals surface area contributed by atoms with E-state index in [0.717, 1.165) is 42.4 Å². The summed E-state index contributed by atoms with van der Waals surface area (Å²) in [4.78, 5) is 16.1. The van der Waals surface area contributed by atoms with Gasteiger partial charge in [-0.2, -0.15) is 5.26 Å².